The summed E-state index contributed by atoms with van der Waals surface area (Å²) in [6.07, 6.45) is 4.67. The summed E-state index contributed by atoms with van der Waals surface area (Å²) in [5.41, 5.74) is 0. The fourth-order valence-electron chi connectivity index (χ4n) is 0.519. The van der Waals surface area contributed by atoms with Crippen LogP contribution in [0.25, 0.3) is 0 Å². The van der Waals surface area contributed by atoms with Gasteiger partial charge in [-0.1, -0.05) is 32.6 Å². The molecular weight excluding hydrogens is 138 g/mol. The standard InChI is InChI=1S/C9H15NO/c1-4-5-6-9(11)10-7-8(2)3/h4-6,8H,1,7H2,2-3H3,(H,10,11)/b6-5+. The zero-order valence-electron chi connectivity index (χ0n) is 7.13. The normalized spacial score (nSPS) is 10.5. The minimum atomic E-state index is -0.0569. The van der Waals surface area contributed by atoms with Crippen LogP contribution < -0.4 is 5.32 Å². The zero-order chi connectivity index (χ0) is 8.69. The Bertz CT molecular complexity index is 159. The van der Waals surface area contributed by atoms with Crippen LogP contribution in [0.3, 0.4) is 0 Å². The van der Waals surface area contributed by atoms with Crippen molar-refractivity contribution in [3.63, 3.8) is 0 Å². The third kappa shape index (κ3) is 6.84. The fourth-order valence-corrected chi connectivity index (χ4v) is 0.519. The van der Waals surface area contributed by atoms with Gasteiger partial charge in [-0.15, -0.1) is 0 Å². The number of carbonyl (C=O) groups excluding carboxylic acids is 1. The lowest BCUT2D eigenvalue weighted by Gasteiger charge is -2.03. The summed E-state index contributed by atoms with van der Waals surface area (Å²) >= 11 is 0. The Morgan fingerprint density at radius 2 is 2.27 bits per heavy atom. The van der Waals surface area contributed by atoms with Crippen LogP contribution in [0.5, 0.6) is 0 Å². The molecule has 0 aromatic rings. The predicted molar refractivity (Wildman–Crippen MR) is 47.2 cm³/mol. The van der Waals surface area contributed by atoms with Crippen molar-refractivity contribution in [3.8, 4) is 0 Å². The van der Waals surface area contributed by atoms with E-state index in [1.54, 1.807) is 12.2 Å². The van der Waals surface area contributed by atoms with Crippen LogP contribution in [0.4, 0.5) is 0 Å². The Labute approximate surface area is 68.0 Å². The van der Waals surface area contributed by atoms with Crippen LogP contribution in [0, 0.1) is 5.92 Å². The van der Waals surface area contributed by atoms with Crippen LogP contribution in [0.15, 0.2) is 24.8 Å². The number of allylic oxidation sites excluding steroid dienone is 2. The van der Waals surface area contributed by atoms with Crippen molar-refractivity contribution in [3.05, 3.63) is 24.8 Å². The maximum atomic E-state index is 10.9. The summed E-state index contributed by atoms with van der Waals surface area (Å²) in [6, 6.07) is 0. The third-order valence-corrected chi connectivity index (χ3v) is 1.07. The predicted octanol–water partition coefficient (Wildman–Crippen LogP) is 1.50. The highest BCUT2D eigenvalue weighted by atomic mass is 16.1. The van der Waals surface area contributed by atoms with Gasteiger partial charge in [0.05, 0.1) is 0 Å². The molecule has 0 unspecified atom stereocenters. The van der Waals surface area contributed by atoms with Crippen LogP contribution in [0.1, 0.15) is 13.8 Å². The molecule has 0 aliphatic carbocycles. The summed E-state index contributed by atoms with van der Waals surface area (Å²) in [5, 5.41) is 2.74. The number of carbonyl (C=O) groups is 1. The lowest BCUT2D eigenvalue weighted by Crippen LogP contribution is -2.25. The van der Waals surface area contributed by atoms with Crippen molar-refractivity contribution in [1.82, 2.24) is 5.32 Å². The van der Waals surface area contributed by atoms with Crippen LogP contribution in [-0.4, -0.2) is 12.5 Å². The van der Waals surface area contributed by atoms with Crippen molar-refractivity contribution < 1.29 is 4.79 Å². The van der Waals surface area contributed by atoms with Crippen molar-refractivity contribution in [1.29, 1.82) is 0 Å². The lowest BCUT2D eigenvalue weighted by atomic mass is 10.2. The number of amides is 1. The first-order chi connectivity index (χ1) is 5.16. The van der Waals surface area contributed by atoms with Gasteiger partial charge in [0.1, 0.15) is 0 Å². The molecule has 0 bridgehead atoms. The van der Waals surface area contributed by atoms with Gasteiger partial charge in [-0.25, -0.2) is 0 Å². The van der Waals surface area contributed by atoms with Gasteiger partial charge in [0.2, 0.25) is 5.91 Å². The minimum absolute atomic E-state index is 0.0569. The van der Waals surface area contributed by atoms with Gasteiger partial charge in [-0.3, -0.25) is 4.79 Å². The van der Waals surface area contributed by atoms with E-state index in [0.717, 1.165) is 6.54 Å². The second-order valence-corrected chi connectivity index (χ2v) is 2.73. The minimum Gasteiger partial charge on any atom is -0.352 e. The molecule has 2 heteroatoms. The Morgan fingerprint density at radius 1 is 1.64 bits per heavy atom. The van der Waals surface area contributed by atoms with Crippen molar-refractivity contribution in [2.45, 2.75) is 13.8 Å². The molecule has 0 fully saturated rings. The molecule has 1 N–H and O–H groups in total. The first kappa shape index (κ1) is 9.95. The fraction of sp³-hybridized carbons (Fsp3) is 0.444. The van der Waals surface area contributed by atoms with E-state index in [1.807, 2.05) is 0 Å². The molecule has 0 aromatic heterocycles. The van der Waals surface area contributed by atoms with E-state index in [-0.39, 0.29) is 5.91 Å². The van der Waals surface area contributed by atoms with Crippen molar-refractivity contribution >= 4 is 5.91 Å². The Balaban J connectivity index is 3.53. The smallest absolute Gasteiger partial charge is 0.243 e. The second kappa shape index (κ2) is 5.71. The molecule has 0 heterocycles. The van der Waals surface area contributed by atoms with E-state index in [4.69, 9.17) is 0 Å². The molecule has 2 nitrogen and oxygen atoms in total. The van der Waals surface area contributed by atoms with E-state index >= 15 is 0 Å². The van der Waals surface area contributed by atoms with Crippen LogP contribution in [-0.2, 0) is 4.79 Å². The quantitative estimate of drug-likeness (QED) is 0.481. The van der Waals surface area contributed by atoms with Gasteiger partial charge < -0.3 is 5.32 Å². The maximum Gasteiger partial charge on any atom is 0.243 e. The van der Waals surface area contributed by atoms with E-state index in [0.29, 0.717) is 5.92 Å². The summed E-state index contributed by atoms with van der Waals surface area (Å²) in [6.45, 7) is 8.29. The molecule has 0 aliphatic heterocycles. The highest BCUT2D eigenvalue weighted by molar-refractivity contribution is 5.87. The van der Waals surface area contributed by atoms with E-state index in [1.165, 1.54) is 6.08 Å². The molecule has 0 saturated heterocycles. The number of hydrogen-bond donors (Lipinski definition) is 1. The maximum absolute atomic E-state index is 10.9. The van der Waals surface area contributed by atoms with Gasteiger partial charge in [0, 0.05) is 12.6 Å². The van der Waals surface area contributed by atoms with Gasteiger partial charge in [-0.2, -0.15) is 0 Å². The number of hydrogen-bond acceptors (Lipinski definition) is 1. The van der Waals surface area contributed by atoms with Crippen LogP contribution >= 0.6 is 0 Å². The lowest BCUT2D eigenvalue weighted by molar-refractivity contribution is -0.116. The molecule has 62 valence electrons. The molecule has 0 atom stereocenters. The van der Waals surface area contributed by atoms with Gasteiger partial charge in [-0.05, 0) is 5.92 Å². The Hall–Kier alpha value is -1.05. The van der Waals surface area contributed by atoms with E-state index in [2.05, 4.69) is 25.7 Å². The molecule has 0 aliphatic rings. The molecule has 0 rings (SSSR count). The topological polar surface area (TPSA) is 29.1 Å². The van der Waals surface area contributed by atoms with E-state index < -0.39 is 0 Å². The molecule has 0 radical (unpaired) electrons. The largest absolute Gasteiger partial charge is 0.352 e. The molecule has 0 saturated carbocycles. The van der Waals surface area contributed by atoms with Gasteiger partial charge >= 0.3 is 0 Å². The number of nitrogens with one attached hydrogen (secondary N) is 1. The van der Waals surface area contributed by atoms with E-state index in [9.17, 15) is 4.79 Å². The first-order valence-electron chi connectivity index (χ1n) is 3.73. The summed E-state index contributed by atoms with van der Waals surface area (Å²) in [4.78, 5) is 10.9. The molecule has 0 aromatic carbocycles. The van der Waals surface area contributed by atoms with Crippen LogP contribution in [0.2, 0.25) is 0 Å². The summed E-state index contributed by atoms with van der Waals surface area (Å²) in [5.74, 6) is 0.440. The molecule has 0 spiro atoms. The highest BCUT2D eigenvalue weighted by Gasteiger charge is 1.95. The molecular formula is C9H15NO. The van der Waals surface area contributed by atoms with Crippen molar-refractivity contribution in [2.24, 2.45) is 5.92 Å². The summed E-state index contributed by atoms with van der Waals surface area (Å²) < 4.78 is 0. The zero-order valence-corrected chi connectivity index (χ0v) is 7.13. The van der Waals surface area contributed by atoms with Crippen molar-refractivity contribution in [2.75, 3.05) is 6.54 Å². The van der Waals surface area contributed by atoms with Gasteiger partial charge in [0.15, 0.2) is 0 Å². The SMILES string of the molecule is C=C/C=C/C(=O)NCC(C)C. The summed E-state index contributed by atoms with van der Waals surface area (Å²) in [7, 11) is 0. The molecule has 11 heavy (non-hydrogen) atoms. The second-order valence-electron chi connectivity index (χ2n) is 2.73. The average Bonchev–Trinajstić information content (AvgIpc) is 1.97. The Morgan fingerprint density at radius 3 is 2.73 bits per heavy atom. The molecule has 1 amide bonds. The average molecular weight is 153 g/mol. The Kier molecular flexibility index (Phi) is 5.17. The monoisotopic (exact) mass is 153 g/mol. The third-order valence-electron chi connectivity index (χ3n) is 1.07. The van der Waals surface area contributed by atoms with Gasteiger partial charge in [0.25, 0.3) is 0 Å². The number of rotatable bonds is 4. The highest BCUT2D eigenvalue weighted by Crippen LogP contribution is 1.86. The first-order valence-corrected chi connectivity index (χ1v) is 3.73.